The lowest BCUT2D eigenvalue weighted by Crippen LogP contribution is -2.29. The average Bonchev–Trinajstić information content (AvgIpc) is 2.65. The molecule has 0 saturated carbocycles. The van der Waals surface area contributed by atoms with Crippen molar-refractivity contribution in [2.45, 2.75) is 57.2 Å². The number of aryl methyl sites for hydroxylation is 1. The topological polar surface area (TPSA) is 36.7 Å². The molecule has 0 bridgehead atoms. The van der Waals surface area contributed by atoms with Gasteiger partial charge in [-0.3, -0.25) is 0 Å². The van der Waals surface area contributed by atoms with Gasteiger partial charge in [0.2, 0.25) is 0 Å². The molecule has 0 fully saturated rings. The highest BCUT2D eigenvalue weighted by Gasteiger charge is 2.32. The largest absolute Gasteiger partial charge is 0.245 e. The Hall–Kier alpha value is -1.79. The van der Waals surface area contributed by atoms with Crippen LogP contribution in [0.3, 0.4) is 0 Å². The van der Waals surface area contributed by atoms with E-state index in [0.29, 0.717) is 11.3 Å². The predicted octanol–water partition coefficient (Wildman–Crippen LogP) is 5.79. The van der Waals surface area contributed by atoms with Gasteiger partial charge in [0.25, 0.3) is 0 Å². The molecule has 1 aliphatic rings. The van der Waals surface area contributed by atoms with E-state index in [4.69, 9.17) is 4.98 Å². The Labute approximate surface area is 155 Å². The maximum atomic E-state index is 9.59. The predicted molar refractivity (Wildman–Crippen MR) is 105 cm³/mol. The van der Waals surface area contributed by atoms with Gasteiger partial charge in [0.15, 0.2) is 0 Å². The minimum Gasteiger partial charge on any atom is -0.245 e. The van der Waals surface area contributed by atoms with E-state index in [9.17, 15) is 5.26 Å². The van der Waals surface area contributed by atoms with Gasteiger partial charge in [0.05, 0.1) is 5.56 Å². The summed E-state index contributed by atoms with van der Waals surface area (Å²) in [4.78, 5) is 4.88. The van der Waals surface area contributed by atoms with Crippen LogP contribution in [0, 0.1) is 22.7 Å². The van der Waals surface area contributed by atoms with Gasteiger partial charge >= 0.3 is 0 Å². The molecule has 1 unspecified atom stereocenters. The van der Waals surface area contributed by atoms with Crippen LogP contribution in [0.5, 0.6) is 0 Å². The van der Waals surface area contributed by atoms with E-state index >= 15 is 0 Å². The molecule has 1 aromatic carbocycles. The lowest BCUT2D eigenvalue weighted by molar-refractivity contribution is 0.182. The van der Waals surface area contributed by atoms with Crippen LogP contribution in [0.4, 0.5) is 0 Å². The molecule has 25 heavy (non-hydrogen) atoms. The van der Waals surface area contributed by atoms with Crippen LogP contribution in [-0.2, 0) is 18.6 Å². The molecule has 3 heteroatoms. The average molecular weight is 351 g/mol. The normalized spacial score (nSPS) is 17.0. The highest BCUT2D eigenvalue weighted by Crippen LogP contribution is 2.40. The van der Waals surface area contributed by atoms with Crippen molar-refractivity contribution in [3.63, 3.8) is 0 Å². The van der Waals surface area contributed by atoms with Crippen molar-refractivity contribution >= 4 is 11.8 Å². The van der Waals surface area contributed by atoms with Gasteiger partial charge in [-0.25, -0.2) is 4.98 Å². The number of nitrogens with zero attached hydrogens (tertiary/aromatic N) is 2. The van der Waals surface area contributed by atoms with Crippen LogP contribution >= 0.6 is 11.8 Å². The molecule has 0 amide bonds. The third-order valence-electron chi connectivity index (χ3n) is 5.71. The van der Waals surface area contributed by atoms with Crippen LogP contribution in [0.2, 0.25) is 0 Å². The minimum atomic E-state index is 0.352. The first-order valence-electron chi connectivity index (χ1n) is 9.13. The molecule has 1 heterocycles. The second-order valence-corrected chi connectivity index (χ2v) is 8.58. The molecule has 0 saturated heterocycles. The van der Waals surface area contributed by atoms with Crippen LogP contribution in [0.25, 0.3) is 0 Å². The Morgan fingerprint density at radius 1 is 1.28 bits per heavy atom. The lowest BCUT2D eigenvalue weighted by Gasteiger charge is -2.37. The zero-order valence-electron chi connectivity index (χ0n) is 15.4. The maximum absolute atomic E-state index is 9.59. The van der Waals surface area contributed by atoms with Crippen LogP contribution < -0.4 is 0 Å². The summed E-state index contributed by atoms with van der Waals surface area (Å²) in [6.45, 7) is 7.01. The standard InChI is InChI=1S/C22H26N2S/c1-4-22(2,3)19-10-11-20-17(13-19)12-18(14-23)21(24-20)25-15-16-8-6-5-7-9-16/h5-9,12,19H,4,10-11,13,15H2,1-3H3. The molecule has 1 aromatic heterocycles. The summed E-state index contributed by atoms with van der Waals surface area (Å²) in [5, 5.41) is 10.5. The van der Waals surface area contributed by atoms with Crippen molar-refractivity contribution < 1.29 is 0 Å². The number of rotatable bonds is 5. The van der Waals surface area contributed by atoms with Crippen LogP contribution in [0.1, 0.15) is 56.0 Å². The molecule has 0 N–H and O–H groups in total. The summed E-state index contributed by atoms with van der Waals surface area (Å²) in [6, 6.07) is 14.8. The number of hydrogen-bond acceptors (Lipinski definition) is 3. The number of hydrogen-bond donors (Lipinski definition) is 0. The van der Waals surface area contributed by atoms with E-state index < -0.39 is 0 Å². The number of nitriles is 1. The fourth-order valence-electron chi connectivity index (χ4n) is 3.52. The number of pyridine rings is 1. The SMILES string of the molecule is CCC(C)(C)C1CCc2nc(SCc3ccccc3)c(C#N)cc2C1. The third-order valence-corrected chi connectivity index (χ3v) is 6.77. The fraction of sp³-hybridized carbons (Fsp3) is 0.455. The summed E-state index contributed by atoms with van der Waals surface area (Å²) in [5.74, 6) is 1.54. The van der Waals surface area contributed by atoms with E-state index in [2.05, 4.69) is 57.2 Å². The Morgan fingerprint density at radius 3 is 2.72 bits per heavy atom. The molecule has 2 aromatic rings. The number of thioether (sulfide) groups is 1. The molecule has 0 spiro atoms. The van der Waals surface area contributed by atoms with Crippen molar-refractivity contribution in [3.05, 3.63) is 58.8 Å². The Balaban J connectivity index is 1.81. The zero-order valence-corrected chi connectivity index (χ0v) is 16.2. The molecular formula is C22H26N2S. The molecule has 0 radical (unpaired) electrons. The molecule has 0 aliphatic heterocycles. The molecule has 1 aliphatic carbocycles. The lowest BCUT2D eigenvalue weighted by atomic mass is 9.69. The van der Waals surface area contributed by atoms with Crippen molar-refractivity contribution in [1.29, 1.82) is 5.26 Å². The van der Waals surface area contributed by atoms with Gasteiger partial charge in [-0.15, -0.1) is 11.8 Å². The third kappa shape index (κ3) is 4.07. The molecule has 130 valence electrons. The maximum Gasteiger partial charge on any atom is 0.114 e. The van der Waals surface area contributed by atoms with Gasteiger partial charge in [0, 0.05) is 11.4 Å². The second-order valence-electron chi connectivity index (χ2n) is 7.61. The number of benzene rings is 1. The minimum absolute atomic E-state index is 0.352. The van der Waals surface area contributed by atoms with Gasteiger partial charge in [-0.1, -0.05) is 57.5 Å². The first-order chi connectivity index (χ1) is 12.0. The highest BCUT2D eigenvalue weighted by atomic mass is 32.2. The number of fused-ring (bicyclic) bond motifs is 1. The van der Waals surface area contributed by atoms with Crippen molar-refractivity contribution in [2.24, 2.45) is 11.3 Å². The van der Waals surface area contributed by atoms with Gasteiger partial charge in [-0.2, -0.15) is 5.26 Å². The monoisotopic (exact) mass is 350 g/mol. The highest BCUT2D eigenvalue weighted by molar-refractivity contribution is 7.98. The van der Waals surface area contributed by atoms with E-state index in [-0.39, 0.29) is 0 Å². The van der Waals surface area contributed by atoms with E-state index in [1.54, 1.807) is 11.8 Å². The fourth-order valence-corrected chi connectivity index (χ4v) is 4.45. The number of aromatic nitrogens is 1. The van der Waals surface area contributed by atoms with Gasteiger partial charge < -0.3 is 0 Å². The summed E-state index contributed by atoms with van der Waals surface area (Å²) in [7, 11) is 0. The van der Waals surface area contributed by atoms with Gasteiger partial charge in [0.1, 0.15) is 11.1 Å². The summed E-state index contributed by atoms with van der Waals surface area (Å²) in [6.07, 6.45) is 4.49. The molecule has 3 rings (SSSR count). The van der Waals surface area contributed by atoms with Crippen LogP contribution in [-0.4, -0.2) is 4.98 Å². The summed E-state index contributed by atoms with van der Waals surface area (Å²) >= 11 is 1.67. The Kier molecular flexibility index (Phi) is 5.49. The van der Waals surface area contributed by atoms with Crippen molar-refractivity contribution in [1.82, 2.24) is 4.98 Å². The molecule has 2 nitrogen and oxygen atoms in total. The first kappa shape index (κ1) is 18.0. The van der Waals surface area contributed by atoms with E-state index in [1.165, 1.54) is 29.7 Å². The first-order valence-corrected chi connectivity index (χ1v) is 10.1. The van der Waals surface area contributed by atoms with Crippen molar-refractivity contribution in [3.8, 4) is 6.07 Å². The summed E-state index contributed by atoms with van der Waals surface area (Å²) in [5.41, 5.74) is 4.84. The van der Waals surface area contributed by atoms with Crippen molar-refractivity contribution in [2.75, 3.05) is 0 Å². The molecule has 1 atom stereocenters. The molecular weight excluding hydrogens is 324 g/mol. The van der Waals surface area contributed by atoms with Crippen LogP contribution in [0.15, 0.2) is 41.4 Å². The van der Waals surface area contributed by atoms with E-state index in [1.807, 2.05) is 6.07 Å². The zero-order chi connectivity index (χ0) is 17.9. The smallest absolute Gasteiger partial charge is 0.114 e. The Morgan fingerprint density at radius 2 is 2.04 bits per heavy atom. The quantitative estimate of drug-likeness (QED) is 0.641. The Bertz CT molecular complexity index is 775. The van der Waals surface area contributed by atoms with Gasteiger partial charge in [-0.05, 0) is 47.8 Å². The second kappa shape index (κ2) is 7.62. The van der Waals surface area contributed by atoms with E-state index in [0.717, 1.165) is 29.2 Å². The summed E-state index contributed by atoms with van der Waals surface area (Å²) < 4.78 is 0.